The van der Waals surface area contributed by atoms with E-state index in [1.54, 1.807) is 30.2 Å². The van der Waals surface area contributed by atoms with E-state index in [1.165, 1.54) is 4.90 Å². The van der Waals surface area contributed by atoms with Gasteiger partial charge in [-0.3, -0.25) is 4.79 Å². The zero-order chi connectivity index (χ0) is 19.1. The highest BCUT2D eigenvalue weighted by atomic mass is 16.5. The Labute approximate surface area is 155 Å². The third-order valence-electron chi connectivity index (χ3n) is 4.78. The fourth-order valence-electron chi connectivity index (χ4n) is 3.01. The Hall–Kier alpha value is -2.02. The molecule has 2 atom stereocenters. The van der Waals surface area contributed by atoms with Crippen LogP contribution < -0.4 is 0 Å². The van der Waals surface area contributed by atoms with Crippen LogP contribution in [-0.2, 0) is 16.1 Å². The van der Waals surface area contributed by atoms with Crippen molar-refractivity contribution < 1.29 is 18.7 Å². The lowest BCUT2D eigenvalue weighted by atomic mass is 10.2. The number of carbonyl (C=O) groups excluding carboxylic acids is 2. The second-order valence-electron chi connectivity index (χ2n) is 7.05. The molecule has 1 aliphatic heterocycles. The van der Waals surface area contributed by atoms with Crippen molar-refractivity contribution in [1.82, 2.24) is 14.7 Å². The summed E-state index contributed by atoms with van der Waals surface area (Å²) in [4.78, 5) is 30.4. The summed E-state index contributed by atoms with van der Waals surface area (Å²) < 4.78 is 11.1. The number of rotatable bonds is 8. The maximum Gasteiger partial charge on any atom is 0.320 e. The first-order valence-electron chi connectivity index (χ1n) is 9.32. The van der Waals surface area contributed by atoms with Crippen LogP contribution >= 0.6 is 0 Å². The van der Waals surface area contributed by atoms with Crippen LogP contribution in [0.25, 0.3) is 0 Å². The smallest absolute Gasteiger partial charge is 0.320 e. The minimum atomic E-state index is -0.150. The summed E-state index contributed by atoms with van der Waals surface area (Å²) in [5, 5.41) is 0. The third-order valence-corrected chi connectivity index (χ3v) is 4.78. The van der Waals surface area contributed by atoms with Crippen molar-refractivity contribution in [3.05, 3.63) is 24.2 Å². The molecule has 1 aromatic rings. The Morgan fingerprint density at radius 2 is 2.12 bits per heavy atom. The SMILES string of the molecule is CCC(C)N(CC(=O)N(Cc1ccco1)CC1CCCO1)C(=O)N(C)C. The summed E-state index contributed by atoms with van der Waals surface area (Å²) >= 11 is 0. The lowest BCUT2D eigenvalue weighted by Gasteiger charge is -2.33. The van der Waals surface area contributed by atoms with Crippen molar-refractivity contribution in [2.75, 3.05) is 33.8 Å². The first-order valence-corrected chi connectivity index (χ1v) is 9.32. The van der Waals surface area contributed by atoms with Crippen LogP contribution in [0.2, 0.25) is 0 Å². The molecule has 1 aliphatic rings. The van der Waals surface area contributed by atoms with E-state index in [9.17, 15) is 9.59 Å². The van der Waals surface area contributed by atoms with Crippen LogP contribution in [0.3, 0.4) is 0 Å². The Kier molecular flexibility index (Phi) is 7.50. The standard InChI is InChI=1S/C19H31N3O4/c1-5-15(2)22(19(24)20(3)4)14-18(23)21(12-16-8-6-10-25-16)13-17-9-7-11-26-17/h6,8,10,15,17H,5,7,9,11-14H2,1-4H3. The van der Waals surface area contributed by atoms with Gasteiger partial charge in [0.1, 0.15) is 12.3 Å². The number of ether oxygens (including phenoxy) is 1. The minimum absolute atomic E-state index is 0.0120. The van der Waals surface area contributed by atoms with E-state index >= 15 is 0 Å². The largest absolute Gasteiger partial charge is 0.467 e. The van der Waals surface area contributed by atoms with Crippen LogP contribution in [0.4, 0.5) is 4.79 Å². The molecule has 0 aromatic carbocycles. The maximum absolute atomic E-state index is 13.0. The Bertz CT molecular complexity index is 567. The highest BCUT2D eigenvalue weighted by Gasteiger charge is 2.28. The molecule has 0 N–H and O–H groups in total. The van der Waals surface area contributed by atoms with Gasteiger partial charge in [-0.1, -0.05) is 6.92 Å². The lowest BCUT2D eigenvalue weighted by Crippen LogP contribution is -2.50. The van der Waals surface area contributed by atoms with Crippen molar-refractivity contribution in [1.29, 1.82) is 0 Å². The number of hydrogen-bond donors (Lipinski definition) is 0. The molecule has 7 heteroatoms. The van der Waals surface area contributed by atoms with Gasteiger partial charge in [0, 0.05) is 33.3 Å². The first-order chi connectivity index (χ1) is 12.4. The van der Waals surface area contributed by atoms with Crippen LogP contribution in [0, 0.1) is 0 Å². The zero-order valence-corrected chi connectivity index (χ0v) is 16.3. The molecule has 0 bridgehead atoms. The highest BCUT2D eigenvalue weighted by Crippen LogP contribution is 2.16. The van der Waals surface area contributed by atoms with Crippen molar-refractivity contribution >= 4 is 11.9 Å². The molecule has 0 spiro atoms. The van der Waals surface area contributed by atoms with Crippen molar-refractivity contribution in [3.63, 3.8) is 0 Å². The van der Waals surface area contributed by atoms with E-state index in [4.69, 9.17) is 9.15 Å². The molecule has 1 saturated heterocycles. The van der Waals surface area contributed by atoms with E-state index < -0.39 is 0 Å². The van der Waals surface area contributed by atoms with E-state index in [-0.39, 0.29) is 30.6 Å². The van der Waals surface area contributed by atoms with Crippen molar-refractivity contribution in [2.24, 2.45) is 0 Å². The predicted octanol–water partition coefficient (Wildman–Crippen LogP) is 2.57. The van der Waals surface area contributed by atoms with Gasteiger partial charge in [-0.25, -0.2) is 4.79 Å². The molecule has 2 heterocycles. The average Bonchev–Trinajstić information content (AvgIpc) is 3.31. The number of nitrogens with zero attached hydrogens (tertiary/aromatic N) is 3. The molecule has 0 aliphatic carbocycles. The van der Waals surface area contributed by atoms with Gasteiger partial charge in [0.05, 0.1) is 18.9 Å². The number of hydrogen-bond acceptors (Lipinski definition) is 4. The fraction of sp³-hybridized carbons (Fsp3) is 0.684. The van der Waals surface area contributed by atoms with Gasteiger partial charge in [0.25, 0.3) is 0 Å². The summed E-state index contributed by atoms with van der Waals surface area (Å²) in [5.74, 6) is 0.637. The lowest BCUT2D eigenvalue weighted by molar-refractivity contribution is -0.134. The topological polar surface area (TPSA) is 66.2 Å². The molecule has 2 unspecified atom stereocenters. The van der Waals surface area contributed by atoms with Crippen molar-refractivity contribution in [2.45, 2.75) is 51.8 Å². The third kappa shape index (κ3) is 5.49. The van der Waals surface area contributed by atoms with Crippen LogP contribution in [0.1, 0.15) is 38.9 Å². The number of amides is 3. The molecular formula is C19H31N3O4. The molecule has 1 aromatic heterocycles. The Morgan fingerprint density at radius 1 is 1.35 bits per heavy atom. The Balaban J connectivity index is 2.10. The average molecular weight is 365 g/mol. The normalized spacial score (nSPS) is 17.8. The van der Waals surface area contributed by atoms with E-state index in [0.29, 0.717) is 13.1 Å². The van der Waals surface area contributed by atoms with Gasteiger partial charge >= 0.3 is 6.03 Å². The number of urea groups is 1. The molecule has 1 fully saturated rings. The van der Waals surface area contributed by atoms with E-state index in [0.717, 1.165) is 31.6 Å². The molecule has 0 saturated carbocycles. The summed E-state index contributed by atoms with van der Waals surface area (Å²) in [5.41, 5.74) is 0. The molecule has 26 heavy (non-hydrogen) atoms. The van der Waals surface area contributed by atoms with E-state index in [2.05, 4.69) is 0 Å². The summed E-state index contributed by atoms with van der Waals surface area (Å²) in [6, 6.07) is 3.50. The van der Waals surface area contributed by atoms with Gasteiger partial charge in [-0.15, -0.1) is 0 Å². The van der Waals surface area contributed by atoms with Gasteiger partial charge < -0.3 is 23.9 Å². The van der Waals surface area contributed by atoms with E-state index in [1.807, 2.05) is 26.0 Å². The second-order valence-corrected chi connectivity index (χ2v) is 7.05. The van der Waals surface area contributed by atoms with Crippen LogP contribution in [-0.4, -0.2) is 72.6 Å². The Morgan fingerprint density at radius 3 is 2.65 bits per heavy atom. The monoisotopic (exact) mass is 365 g/mol. The molecular weight excluding hydrogens is 334 g/mol. The predicted molar refractivity (Wildman–Crippen MR) is 98.6 cm³/mol. The molecule has 7 nitrogen and oxygen atoms in total. The van der Waals surface area contributed by atoms with Crippen LogP contribution in [0.5, 0.6) is 0 Å². The van der Waals surface area contributed by atoms with Gasteiger partial charge in [-0.2, -0.15) is 0 Å². The number of carbonyl (C=O) groups is 2. The maximum atomic E-state index is 13.0. The van der Waals surface area contributed by atoms with Crippen LogP contribution in [0.15, 0.2) is 22.8 Å². The molecule has 3 amide bonds. The molecule has 0 radical (unpaired) electrons. The summed E-state index contributed by atoms with van der Waals surface area (Å²) in [6.45, 7) is 5.68. The summed E-state index contributed by atoms with van der Waals surface area (Å²) in [6.07, 6.45) is 4.41. The molecule has 2 rings (SSSR count). The van der Waals surface area contributed by atoms with Gasteiger partial charge in [-0.05, 0) is 38.3 Å². The minimum Gasteiger partial charge on any atom is -0.467 e. The summed E-state index contributed by atoms with van der Waals surface area (Å²) in [7, 11) is 3.41. The fourth-order valence-corrected chi connectivity index (χ4v) is 3.01. The number of furan rings is 1. The van der Waals surface area contributed by atoms with Crippen molar-refractivity contribution in [3.8, 4) is 0 Å². The zero-order valence-electron chi connectivity index (χ0n) is 16.3. The second kappa shape index (κ2) is 9.62. The van der Waals surface area contributed by atoms with Gasteiger partial charge in [0.15, 0.2) is 0 Å². The van der Waals surface area contributed by atoms with Gasteiger partial charge in [0.2, 0.25) is 5.91 Å². The molecule has 146 valence electrons. The quantitative estimate of drug-likeness (QED) is 0.710. The first kappa shape index (κ1) is 20.3. The highest BCUT2D eigenvalue weighted by molar-refractivity contribution is 5.84.